The molecule has 0 aromatic heterocycles. The van der Waals surface area contributed by atoms with E-state index >= 15 is 0 Å². The van der Waals surface area contributed by atoms with E-state index in [1.54, 1.807) is 11.9 Å². The Morgan fingerprint density at radius 2 is 1.90 bits per heavy atom. The summed E-state index contributed by atoms with van der Waals surface area (Å²) in [6.07, 6.45) is 6.86. The monoisotopic (exact) mass is 312 g/mol. The molecule has 21 heavy (non-hydrogen) atoms. The Kier molecular flexibility index (Phi) is 4.08. The van der Waals surface area contributed by atoms with Crippen LogP contribution >= 0.6 is 0 Å². The van der Waals surface area contributed by atoms with E-state index < -0.39 is 15.7 Å². The summed E-state index contributed by atoms with van der Waals surface area (Å²) in [5.74, 6) is 0.929. The maximum absolute atomic E-state index is 12.4. The molecule has 0 N–H and O–H groups in total. The molecule has 3 fully saturated rings. The van der Waals surface area contributed by atoms with Crippen molar-refractivity contribution in [2.24, 2.45) is 5.92 Å². The number of carbonyl (C=O) groups is 2. The van der Waals surface area contributed by atoms with E-state index in [1.165, 1.54) is 25.7 Å². The summed E-state index contributed by atoms with van der Waals surface area (Å²) in [7, 11) is 0.631. The van der Waals surface area contributed by atoms with Crippen molar-refractivity contribution < 1.29 is 13.8 Å². The lowest BCUT2D eigenvalue weighted by Gasteiger charge is -2.42. The highest BCUT2D eigenvalue weighted by molar-refractivity contribution is 7.87. The van der Waals surface area contributed by atoms with Crippen molar-refractivity contribution in [1.29, 1.82) is 0 Å². The van der Waals surface area contributed by atoms with Gasteiger partial charge in [0.05, 0.1) is 10.8 Å². The van der Waals surface area contributed by atoms with Crippen molar-refractivity contribution in [3.8, 4) is 0 Å². The molecule has 3 rings (SSSR count). The van der Waals surface area contributed by atoms with Crippen molar-refractivity contribution in [2.45, 2.75) is 49.8 Å². The van der Waals surface area contributed by atoms with Gasteiger partial charge in [0.2, 0.25) is 11.8 Å². The van der Waals surface area contributed by atoms with Crippen LogP contribution in [0.2, 0.25) is 0 Å². The zero-order valence-corrected chi connectivity index (χ0v) is 13.5. The Morgan fingerprint density at radius 1 is 1.29 bits per heavy atom. The van der Waals surface area contributed by atoms with E-state index in [4.69, 9.17) is 0 Å². The first kappa shape index (κ1) is 15.0. The van der Waals surface area contributed by atoms with Gasteiger partial charge in [0, 0.05) is 39.4 Å². The third-order valence-electron chi connectivity index (χ3n) is 5.50. The quantitative estimate of drug-likeness (QED) is 0.767. The van der Waals surface area contributed by atoms with Crippen molar-refractivity contribution in [3.05, 3.63) is 0 Å². The summed E-state index contributed by atoms with van der Waals surface area (Å²) in [6.45, 7) is 1.27. The number of hydrogen-bond donors (Lipinski definition) is 0. The number of likely N-dealkylation sites (tertiary alicyclic amines) is 1. The van der Waals surface area contributed by atoms with Crippen LogP contribution < -0.4 is 0 Å². The van der Waals surface area contributed by atoms with Crippen molar-refractivity contribution in [3.63, 3.8) is 0 Å². The third kappa shape index (κ3) is 2.62. The molecule has 2 saturated heterocycles. The van der Waals surface area contributed by atoms with E-state index in [1.807, 2.05) is 4.90 Å². The Bertz CT molecular complexity index is 466. The fourth-order valence-electron chi connectivity index (χ4n) is 3.98. The molecule has 1 unspecified atom stereocenters. The highest BCUT2D eigenvalue weighted by Crippen LogP contribution is 2.37. The molecule has 0 aromatic rings. The topological polar surface area (TPSA) is 57.7 Å². The van der Waals surface area contributed by atoms with E-state index in [0.717, 1.165) is 0 Å². The summed E-state index contributed by atoms with van der Waals surface area (Å²) in [5, 5.41) is 0. The molecule has 118 valence electrons. The maximum atomic E-state index is 12.4. The molecule has 5 nitrogen and oxygen atoms in total. The number of carbonyl (C=O) groups excluding carboxylic acids is 2. The van der Waals surface area contributed by atoms with Gasteiger partial charge in [-0.1, -0.05) is 12.8 Å². The lowest BCUT2D eigenvalue weighted by atomic mass is 9.99. The first-order valence-corrected chi connectivity index (χ1v) is 9.28. The Hall–Kier alpha value is -0.910. The number of piperidine rings is 1. The molecule has 2 aliphatic heterocycles. The minimum Gasteiger partial charge on any atom is -0.342 e. The fraction of sp³-hybridized carbons (Fsp3) is 0.867. The van der Waals surface area contributed by atoms with Crippen LogP contribution in [0, 0.1) is 5.92 Å². The van der Waals surface area contributed by atoms with Gasteiger partial charge in [-0.15, -0.1) is 0 Å². The molecule has 3 aliphatic rings. The lowest BCUT2D eigenvalue weighted by Crippen LogP contribution is -2.54. The molecule has 0 radical (unpaired) electrons. The van der Waals surface area contributed by atoms with Crippen molar-refractivity contribution >= 4 is 22.6 Å². The van der Waals surface area contributed by atoms with Crippen molar-refractivity contribution in [1.82, 2.24) is 9.80 Å². The summed E-state index contributed by atoms with van der Waals surface area (Å²) in [4.78, 5) is 27.2. The van der Waals surface area contributed by atoms with E-state index in [9.17, 15) is 13.8 Å². The second-order valence-electron chi connectivity index (χ2n) is 6.62. The van der Waals surface area contributed by atoms with E-state index in [0.29, 0.717) is 38.3 Å². The molecule has 1 atom stereocenters. The first-order valence-electron chi connectivity index (χ1n) is 7.96. The minimum absolute atomic E-state index is 0.0286. The molecule has 1 aliphatic carbocycles. The molecule has 2 amide bonds. The second-order valence-corrected chi connectivity index (χ2v) is 8.36. The van der Waals surface area contributed by atoms with Gasteiger partial charge in [0.1, 0.15) is 10.6 Å². The summed E-state index contributed by atoms with van der Waals surface area (Å²) >= 11 is 0. The molecule has 1 saturated carbocycles. The largest absolute Gasteiger partial charge is 0.342 e. The van der Waals surface area contributed by atoms with Gasteiger partial charge < -0.3 is 9.80 Å². The number of hydrogen-bond acceptors (Lipinski definition) is 3. The predicted octanol–water partition coefficient (Wildman–Crippen LogP) is 1.11. The van der Waals surface area contributed by atoms with Gasteiger partial charge in [-0.05, 0) is 18.8 Å². The van der Waals surface area contributed by atoms with E-state index in [2.05, 4.69) is 0 Å². The molecule has 1 spiro atoms. The third-order valence-corrected chi connectivity index (χ3v) is 7.54. The van der Waals surface area contributed by atoms with Crippen LogP contribution in [0.15, 0.2) is 0 Å². The van der Waals surface area contributed by atoms with Gasteiger partial charge in [-0.2, -0.15) is 0 Å². The van der Waals surface area contributed by atoms with Crippen LogP contribution in [0.3, 0.4) is 0 Å². The predicted molar refractivity (Wildman–Crippen MR) is 80.9 cm³/mol. The van der Waals surface area contributed by atoms with Crippen LogP contribution in [0.1, 0.15) is 44.9 Å². The van der Waals surface area contributed by atoms with Gasteiger partial charge in [0.25, 0.3) is 0 Å². The average Bonchev–Trinajstić information content (AvgIpc) is 3.04. The molecule has 2 heterocycles. The zero-order valence-electron chi connectivity index (χ0n) is 12.7. The standard InChI is InChI=1S/C15H24N2O3S/c1-16-14(19)11-21(20)15(16)6-8-17(9-7-15)13(18)10-12-4-2-3-5-12/h12H,2-11H2,1H3. The number of rotatable bonds is 2. The van der Waals surface area contributed by atoms with Crippen LogP contribution in [-0.4, -0.2) is 56.6 Å². The molecular formula is C15H24N2O3S. The number of amides is 2. The second kappa shape index (κ2) is 5.71. The van der Waals surface area contributed by atoms with Crippen LogP contribution in [0.25, 0.3) is 0 Å². The van der Waals surface area contributed by atoms with Crippen LogP contribution in [0.5, 0.6) is 0 Å². The van der Waals surface area contributed by atoms with Crippen LogP contribution in [-0.2, 0) is 20.4 Å². The fourth-order valence-corrected chi connectivity index (χ4v) is 5.71. The zero-order chi connectivity index (χ0) is 15.0. The SMILES string of the molecule is CN1C(=O)CS(=O)C12CCN(C(=O)CC1CCCC1)CC2. The van der Waals surface area contributed by atoms with Gasteiger partial charge in [-0.3, -0.25) is 13.8 Å². The molecule has 0 aromatic carbocycles. The first-order chi connectivity index (χ1) is 10.0. The normalized spacial score (nSPS) is 29.6. The maximum Gasteiger partial charge on any atom is 0.236 e. The highest BCUT2D eigenvalue weighted by Gasteiger charge is 2.51. The molecule has 0 bridgehead atoms. The van der Waals surface area contributed by atoms with E-state index in [-0.39, 0.29) is 17.6 Å². The Balaban J connectivity index is 1.58. The molecular weight excluding hydrogens is 288 g/mol. The van der Waals surface area contributed by atoms with Gasteiger partial charge in [-0.25, -0.2) is 0 Å². The average molecular weight is 312 g/mol. The van der Waals surface area contributed by atoms with Crippen molar-refractivity contribution in [2.75, 3.05) is 25.9 Å². The summed E-state index contributed by atoms with van der Waals surface area (Å²) in [6, 6.07) is 0. The highest BCUT2D eigenvalue weighted by atomic mass is 32.2. The Labute approximate surface area is 128 Å². The smallest absolute Gasteiger partial charge is 0.236 e. The molecule has 6 heteroatoms. The summed E-state index contributed by atoms with van der Waals surface area (Å²) in [5.41, 5.74) is 0. The summed E-state index contributed by atoms with van der Waals surface area (Å²) < 4.78 is 12.3. The number of nitrogens with zero attached hydrogens (tertiary/aromatic N) is 2. The Morgan fingerprint density at radius 3 is 2.43 bits per heavy atom. The minimum atomic E-state index is -1.12. The van der Waals surface area contributed by atoms with Crippen LogP contribution in [0.4, 0.5) is 0 Å². The lowest BCUT2D eigenvalue weighted by molar-refractivity contribution is -0.135. The van der Waals surface area contributed by atoms with Gasteiger partial charge in [0.15, 0.2) is 0 Å². The van der Waals surface area contributed by atoms with Gasteiger partial charge >= 0.3 is 0 Å².